The molecule has 0 N–H and O–H groups in total. The molecule has 0 saturated carbocycles. The number of carbonyl (C=O) groups excluding carboxylic acids is 1. The summed E-state index contributed by atoms with van der Waals surface area (Å²) in [5.41, 5.74) is 0. The zero-order chi connectivity index (χ0) is 18.1. The maximum absolute atomic E-state index is 12.3. The maximum atomic E-state index is 12.3. The summed E-state index contributed by atoms with van der Waals surface area (Å²) in [6.45, 7) is 2.50. The Morgan fingerprint density at radius 1 is 1.15 bits per heavy atom. The lowest BCUT2D eigenvalue weighted by Crippen LogP contribution is -2.27. The Morgan fingerprint density at radius 3 is 2.77 bits per heavy atom. The number of likely N-dealkylation sites (N-methyl/N-ethyl adjacent to an activating group) is 1. The Labute approximate surface area is 165 Å². The Kier molecular flexibility index (Phi) is 4.89. The number of amides is 1. The van der Waals surface area contributed by atoms with Crippen molar-refractivity contribution in [3.05, 3.63) is 65.3 Å². The Balaban J connectivity index is 1.58. The van der Waals surface area contributed by atoms with E-state index >= 15 is 0 Å². The van der Waals surface area contributed by atoms with Gasteiger partial charge in [0, 0.05) is 17.5 Å². The third-order valence-corrected chi connectivity index (χ3v) is 6.40. The molecule has 0 bridgehead atoms. The van der Waals surface area contributed by atoms with Crippen molar-refractivity contribution in [3.8, 4) is 0 Å². The Hall–Kier alpha value is -2.02. The predicted octanol–water partition coefficient (Wildman–Crippen LogP) is 5.81. The number of furan rings is 1. The number of nitrogens with zero attached hydrogens (tertiary/aromatic N) is 1. The number of fused-ring (bicyclic) bond motifs is 1. The van der Waals surface area contributed by atoms with E-state index in [-0.39, 0.29) is 5.91 Å². The molecule has 0 atom stereocenters. The Bertz CT molecular complexity index is 1030. The van der Waals surface area contributed by atoms with Crippen molar-refractivity contribution >= 4 is 62.8 Å². The van der Waals surface area contributed by atoms with E-state index in [0.717, 1.165) is 9.99 Å². The van der Waals surface area contributed by atoms with Gasteiger partial charge in [-0.15, -0.1) is 0 Å². The highest BCUT2D eigenvalue weighted by molar-refractivity contribution is 8.26. The third kappa shape index (κ3) is 3.32. The molecule has 1 amide bonds. The molecule has 0 radical (unpaired) electrons. The SMILES string of the molecule is CCN1C(=O)/C(=C/c2ccc(Sc3cccc4ccccc34)o2)SC1=S. The van der Waals surface area contributed by atoms with Crippen LogP contribution in [0.4, 0.5) is 0 Å². The molecule has 3 nitrogen and oxygen atoms in total. The van der Waals surface area contributed by atoms with Crippen LogP contribution in [0.25, 0.3) is 16.8 Å². The average molecular weight is 398 g/mol. The topological polar surface area (TPSA) is 33.5 Å². The van der Waals surface area contributed by atoms with Crippen LogP contribution in [-0.4, -0.2) is 21.7 Å². The quantitative estimate of drug-likeness (QED) is 0.410. The van der Waals surface area contributed by atoms with Crippen LogP contribution >= 0.6 is 35.7 Å². The molecule has 2 aromatic carbocycles. The smallest absolute Gasteiger partial charge is 0.266 e. The molecule has 1 aliphatic rings. The highest BCUT2D eigenvalue weighted by Gasteiger charge is 2.30. The molecule has 130 valence electrons. The number of hydrogen-bond acceptors (Lipinski definition) is 5. The van der Waals surface area contributed by atoms with Crippen molar-refractivity contribution in [2.24, 2.45) is 0 Å². The fraction of sp³-hybridized carbons (Fsp3) is 0.100. The van der Waals surface area contributed by atoms with Gasteiger partial charge in [0.15, 0.2) is 5.09 Å². The van der Waals surface area contributed by atoms with Crippen LogP contribution in [0, 0.1) is 0 Å². The summed E-state index contributed by atoms with van der Waals surface area (Å²) < 4.78 is 6.51. The molecule has 2 heterocycles. The van der Waals surface area contributed by atoms with Crippen LogP contribution in [-0.2, 0) is 4.79 Å². The highest BCUT2D eigenvalue weighted by atomic mass is 32.2. The minimum atomic E-state index is -0.0536. The van der Waals surface area contributed by atoms with Crippen molar-refractivity contribution < 1.29 is 9.21 Å². The average Bonchev–Trinajstić information content (AvgIpc) is 3.19. The first kappa shape index (κ1) is 17.4. The molecule has 1 saturated heterocycles. The molecular formula is C20H15NO2S3. The summed E-state index contributed by atoms with van der Waals surface area (Å²) in [6.07, 6.45) is 1.77. The first-order valence-electron chi connectivity index (χ1n) is 8.16. The van der Waals surface area contributed by atoms with E-state index in [1.165, 1.54) is 22.5 Å². The molecule has 1 aliphatic heterocycles. The van der Waals surface area contributed by atoms with E-state index in [0.29, 0.717) is 21.5 Å². The van der Waals surface area contributed by atoms with Gasteiger partial charge in [-0.2, -0.15) is 0 Å². The number of thiocarbonyl (C=S) groups is 1. The molecule has 0 spiro atoms. The predicted molar refractivity (Wildman–Crippen MR) is 112 cm³/mol. The summed E-state index contributed by atoms with van der Waals surface area (Å²) in [7, 11) is 0. The van der Waals surface area contributed by atoms with Gasteiger partial charge in [0.05, 0.1) is 4.91 Å². The Morgan fingerprint density at radius 2 is 1.96 bits per heavy atom. The van der Waals surface area contributed by atoms with Crippen LogP contribution in [0.15, 0.2) is 73.9 Å². The normalized spacial score (nSPS) is 16.2. The van der Waals surface area contributed by atoms with Gasteiger partial charge in [0.1, 0.15) is 10.1 Å². The zero-order valence-electron chi connectivity index (χ0n) is 14.0. The van der Waals surface area contributed by atoms with Gasteiger partial charge in [0.25, 0.3) is 5.91 Å². The van der Waals surface area contributed by atoms with Crippen LogP contribution < -0.4 is 0 Å². The molecule has 0 unspecified atom stereocenters. The highest BCUT2D eigenvalue weighted by Crippen LogP contribution is 2.36. The fourth-order valence-electron chi connectivity index (χ4n) is 2.76. The van der Waals surface area contributed by atoms with Gasteiger partial charge >= 0.3 is 0 Å². The third-order valence-electron chi connectivity index (χ3n) is 4.03. The lowest BCUT2D eigenvalue weighted by molar-refractivity contribution is -0.121. The van der Waals surface area contributed by atoms with E-state index in [9.17, 15) is 4.79 Å². The van der Waals surface area contributed by atoms with Crippen molar-refractivity contribution in [1.29, 1.82) is 0 Å². The van der Waals surface area contributed by atoms with E-state index < -0.39 is 0 Å². The standard InChI is InChI=1S/C20H15NO2S3/c1-2-21-19(22)17(26-20(21)24)12-14-10-11-18(23-14)25-16-9-5-7-13-6-3-4-8-15(13)16/h3-12H,2H2,1H3/b17-12-. The molecule has 1 aromatic heterocycles. The number of benzene rings is 2. The first-order valence-corrected chi connectivity index (χ1v) is 10.2. The first-order chi connectivity index (χ1) is 12.7. The van der Waals surface area contributed by atoms with Crippen LogP contribution in [0.5, 0.6) is 0 Å². The van der Waals surface area contributed by atoms with Crippen molar-refractivity contribution in [1.82, 2.24) is 4.90 Å². The lowest BCUT2D eigenvalue weighted by atomic mass is 10.1. The van der Waals surface area contributed by atoms with Crippen molar-refractivity contribution in [2.45, 2.75) is 16.9 Å². The largest absolute Gasteiger partial charge is 0.450 e. The summed E-state index contributed by atoms with van der Waals surface area (Å²) in [5.74, 6) is 0.603. The van der Waals surface area contributed by atoms with E-state index in [1.807, 2.05) is 37.3 Å². The molecule has 4 rings (SSSR count). The van der Waals surface area contributed by atoms with Crippen molar-refractivity contribution in [3.63, 3.8) is 0 Å². The summed E-state index contributed by atoms with van der Waals surface area (Å²) in [6, 6.07) is 18.3. The zero-order valence-corrected chi connectivity index (χ0v) is 16.4. The molecule has 0 aliphatic carbocycles. The van der Waals surface area contributed by atoms with E-state index in [4.69, 9.17) is 16.6 Å². The van der Waals surface area contributed by atoms with E-state index in [2.05, 4.69) is 24.3 Å². The van der Waals surface area contributed by atoms with Crippen LogP contribution in [0.1, 0.15) is 12.7 Å². The molecule has 6 heteroatoms. The minimum Gasteiger partial charge on any atom is -0.450 e. The minimum absolute atomic E-state index is 0.0536. The van der Waals surface area contributed by atoms with Gasteiger partial charge in [-0.1, -0.05) is 72.1 Å². The van der Waals surface area contributed by atoms with Crippen molar-refractivity contribution in [2.75, 3.05) is 6.54 Å². The van der Waals surface area contributed by atoms with E-state index in [1.54, 1.807) is 22.7 Å². The second-order valence-corrected chi connectivity index (χ2v) is 8.38. The number of carbonyl (C=O) groups is 1. The molecule has 3 aromatic rings. The van der Waals surface area contributed by atoms with Gasteiger partial charge in [-0.3, -0.25) is 9.69 Å². The van der Waals surface area contributed by atoms with Crippen LogP contribution in [0.2, 0.25) is 0 Å². The van der Waals surface area contributed by atoms with Gasteiger partial charge in [-0.25, -0.2) is 0 Å². The summed E-state index contributed by atoms with van der Waals surface area (Å²) in [5, 5.41) is 3.19. The van der Waals surface area contributed by atoms with Gasteiger partial charge < -0.3 is 4.42 Å². The molecule has 26 heavy (non-hydrogen) atoms. The number of thioether (sulfide) groups is 1. The molecule has 1 fully saturated rings. The van der Waals surface area contributed by atoms with Gasteiger partial charge in [0.2, 0.25) is 0 Å². The molecular weight excluding hydrogens is 382 g/mol. The monoisotopic (exact) mass is 397 g/mol. The maximum Gasteiger partial charge on any atom is 0.266 e. The summed E-state index contributed by atoms with van der Waals surface area (Å²) in [4.78, 5) is 15.6. The number of hydrogen-bond donors (Lipinski definition) is 0. The van der Waals surface area contributed by atoms with Gasteiger partial charge in [-0.05, 0) is 35.9 Å². The summed E-state index contributed by atoms with van der Waals surface area (Å²) >= 11 is 8.14. The van der Waals surface area contributed by atoms with Crippen LogP contribution in [0.3, 0.4) is 0 Å². The second-order valence-electron chi connectivity index (χ2n) is 5.66. The second kappa shape index (κ2) is 7.31. The number of rotatable bonds is 4. The fourth-order valence-corrected chi connectivity index (χ4v) is 5.06. The lowest BCUT2D eigenvalue weighted by Gasteiger charge is -2.09.